The molecule has 1 saturated heterocycles. The minimum Gasteiger partial charge on any atom is -0.361 e. The number of aromatic nitrogens is 2. The summed E-state index contributed by atoms with van der Waals surface area (Å²) in [7, 11) is 0.569. The molecule has 0 amide bonds. The van der Waals surface area contributed by atoms with Gasteiger partial charge in [-0.05, 0) is 12.8 Å². The fraction of sp³-hybridized carbons (Fsp3) is 0.636. The molecular formula is C11H18N4O2S. The summed E-state index contributed by atoms with van der Waals surface area (Å²) in [6, 6.07) is -0.189. The summed E-state index contributed by atoms with van der Waals surface area (Å²) in [4.78, 5) is 10.5. The zero-order valence-corrected chi connectivity index (χ0v) is 11.7. The maximum Gasteiger partial charge on any atom is 0.211 e. The zero-order valence-electron chi connectivity index (χ0n) is 10.9. The molecule has 0 radical (unpaired) electrons. The second kappa shape index (κ2) is 4.81. The Morgan fingerprint density at radius 3 is 2.61 bits per heavy atom. The van der Waals surface area contributed by atoms with E-state index in [1.807, 2.05) is 19.0 Å². The molecule has 1 fully saturated rings. The van der Waals surface area contributed by atoms with Crippen LogP contribution in [0.4, 0.5) is 5.82 Å². The van der Waals surface area contributed by atoms with Crippen molar-refractivity contribution in [1.82, 2.24) is 14.3 Å². The molecule has 2 rings (SSSR count). The lowest BCUT2D eigenvalue weighted by molar-refractivity contribution is 0.393. The molecule has 1 aliphatic rings. The van der Waals surface area contributed by atoms with E-state index in [1.54, 1.807) is 12.4 Å². The van der Waals surface area contributed by atoms with Gasteiger partial charge >= 0.3 is 0 Å². The molecular weight excluding hydrogens is 252 g/mol. The molecule has 7 heteroatoms. The first kappa shape index (κ1) is 13.2. The molecule has 100 valence electrons. The first-order valence-corrected chi connectivity index (χ1v) is 7.71. The Morgan fingerprint density at radius 2 is 2.00 bits per heavy atom. The third kappa shape index (κ3) is 2.46. The third-order valence-corrected chi connectivity index (χ3v) is 4.36. The quantitative estimate of drug-likeness (QED) is 0.806. The molecule has 1 unspecified atom stereocenters. The van der Waals surface area contributed by atoms with Crippen molar-refractivity contribution in [3.63, 3.8) is 0 Å². The molecule has 0 aliphatic carbocycles. The van der Waals surface area contributed by atoms with Crippen LogP contribution in [0.3, 0.4) is 0 Å². The van der Waals surface area contributed by atoms with E-state index in [2.05, 4.69) is 9.97 Å². The van der Waals surface area contributed by atoms with Gasteiger partial charge in [-0.2, -0.15) is 4.31 Å². The monoisotopic (exact) mass is 270 g/mol. The van der Waals surface area contributed by atoms with Crippen LogP contribution in [0.5, 0.6) is 0 Å². The van der Waals surface area contributed by atoms with Gasteiger partial charge in [-0.1, -0.05) is 0 Å². The van der Waals surface area contributed by atoms with Crippen molar-refractivity contribution in [1.29, 1.82) is 0 Å². The molecule has 2 heterocycles. The summed E-state index contributed by atoms with van der Waals surface area (Å²) in [5.41, 5.74) is 0.741. The Kier molecular flexibility index (Phi) is 3.54. The topological polar surface area (TPSA) is 66.4 Å². The zero-order chi connectivity index (χ0) is 13.3. The number of rotatable bonds is 3. The van der Waals surface area contributed by atoms with Crippen LogP contribution in [0, 0.1) is 0 Å². The largest absolute Gasteiger partial charge is 0.361 e. The van der Waals surface area contributed by atoms with Crippen LogP contribution in [-0.2, 0) is 10.0 Å². The van der Waals surface area contributed by atoms with Crippen molar-refractivity contribution in [3.8, 4) is 0 Å². The predicted octanol–water partition coefficient (Wildman–Crippen LogP) is 0.639. The molecule has 0 aromatic carbocycles. The van der Waals surface area contributed by atoms with Crippen molar-refractivity contribution in [2.24, 2.45) is 0 Å². The van der Waals surface area contributed by atoms with E-state index in [-0.39, 0.29) is 6.04 Å². The van der Waals surface area contributed by atoms with Crippen LogP contribution in [-0.4, -0.2) is 49.6 Å². The highest BCUT2D eigenvalue weighted by molar-refractivity contribution is 7.88. The highest BCUT2D eigenvalue weighted by Gasteiger charge is 2.35. The lowest BCUT2D eigenvalue weighted by Crippen LogP contribution is -2.31. The molecule has 18 heavy (non-hydrogen) atoms. The van der Waals surface area contributed by atoms with E-state index in [9.17, 15) is 8.42 Å². The first-order chi connectivity index (χ1) is 8.41. The van der Waals surface area contributed by atoms with E-state index in [4.69, 9.17) is 0 Å². The molecule has 0 bridgehead atoms. The Balaban J connectivity index is 2.43. The summed E-state index contributed by atoms with van der Waals surface area (Å²) in [5.74, 6) is 0.734. The Hall–Kier alpha value is -1.21. The molecule has 6 nitrogen and oxygen atoms in total. The van der Waals surface area contributed by atoms with Crippen LogP contribution in [0.1, 0.15) is 24.6 Å². The van der Waals surface area contributed by atoms with Gasteiger partial charge in [0.25, 0.3) is 0 Å². The molecule has 1 aromatic rings. The van der Waals surface area contributed by atoms with Gasteiger partial charge in [-0.15, -0.1) is 0 Å². The standard InChI is InChI=1S/C11H18N4O2S/c1-14(2)11-10(12-6-7-13-11)9-5-4-8-15(9)18(3,16)17/h6-7,9H,4-5,8H2,1-3H3. The summed E-state index contributed by atoms with van der Waals surface area (Å²) >= 11 is 0. The van der Waals surface area contributed by atoms with E-state index >= 15 is 0 Å². The Labute approximate surface area is 108 Å². The Bertz CT molecular complexity index is 530. The van der Waals surface area contributed by atoms with E-state index in [0.717, 1.165) is 24.4 Å². The second-order valence-electron chi connectivity index (χ2n) is 4.69. The summed E-state index contributed by atoms with van der Waals surface area (Å²) in [5, 5.41) is 0. The van der Waals surface area contributed by atoms with Crippen LogP contribution in [0.25, 0.3) is 0 Å². The van der Waals surface area contributed by atoms with Crippen molar-refractivity contribution in [3.05, 3.63) is 18.1 Å². The first-order valence-electron chi connectivity index (χ1n) is 5.86. The number of sulfonamides is 1. The second-order valence-corrected chi connectivity index (χ2v) is 6.63. The summed E-state index contributed by atoms with van der Waals surface area (Å²) in [6.07, 6.45) is 6.14. The van der Waals surface area contributed by atoms with Crippen LogP contribution in [0.2, 0.25) is 0 Å². The summed E-state index contributed by atoms with van der Waals surface area (Å²) in [6.45, 7) is 0.562. The van der Waals surface area contributed by atoms with Crippen LogP contribution in [0.15, 0.2) is 12.4 Å². The number of anilines is 1. The highest BCUT2D eigenvalue weighted by atomic mass is 32.2. The average molecular weight is 270 g/mol. The number of nitrogens with zero attached hydrogens (tertiary/aromatic N) is 4. The van der Waals surface area contributed by atoms with Gasteiger partial charge < -0.3 is 4.90 Å². The normalized spacial score (nSPS) is 21.2. The van der Waals surface area contributed by atoms with Gasteiger partial charge in [0.15, 0.2) is 5.82 Å². The molecule has 0 N–H and O–H groups in total. The fourth-order valence-corrected chi connectivity index (χ4v) is 3.46. The Morgan fingerprint density at radius 1 is 1.33 bits per heavy atom. The predicted molar refractivity (Wildman–Crippen MR) is 69.9 cm³/mol. The fourth-order valence-electron chi connectivity index (χ4n) is 2.33. The highest BCUT2D eigenvalue weighted by Crippen LogP contribution is 2.35. The molecule has 0 spiro atoms. The summed E-state index contributed by atoms with van der Waals surface area (Å²) < 4.78 is 25.0. The lowest BCUT2D eigenvalue weighted by Gasteiger charge is -2.24. The van der Waals surface area contributed by atoms with E-state index < -0.39 is 10.0 Å². The molecule has 0 saturated carbocycles. The number of hydrogen-bond donors (Lipinski definition) is 0. The molecule has 1 aliphatic heterocycles. The van der Waals surface area contributed by atoms with Gasteiger partial charge in [-0.25, -0.2) is 13.4 Å². The van der Waals surface area contributed by atoms with Gasteiger partial charge in [0, 0.05) is 33.0 Å². The van der Waals surface area contributed by atoms with E-state index in [0.29, 0.717) is 6.54 Å². The van der Waals surface area contributed by atoms with E-state index in [1.165, 1.54) is 10.6 Å². The molecule has 1 aromatic heterocycles. The minimum atomic E-state index is -3.20. The maximum atomic E-state index is 11.8. The minimum absolute atomic E-state index is 0.189. The smallest absolute Gasteiger partial charge is 0.211 e. The average Bonchev–Trinajstić information content (AvgIpc) is 2.77. The number of hydrogen-bond acceptors (Lipinski definition) is 5. The van der Waals surface area contributed by atoms with Crippen LogP contribution >= 0.6 is 0 Å². The van der Waals surface area contributed by atoms with Gasteiger partial charge in [0.05, 0.1) is 12.3 Å². The maximum absolute atomic E-state index is 11.8. The van der Waals surface area contributed by atoms with Crippen molar-refractivity contribution in [2.45, 2.75) is 18.9 Å². The van der Waals surface area contributed by atoms with Crippen molar-refractivity contribution < 1.29 is 8.42 Å². The molecule has 1 atom stereocenters. The van der Waals surface area contributed by atoms with Crippen molar-refractivity contribution in [2.75, 3.05) is 31.8 Å². The van der Waals surface area contributed by atoms with Crippen molar-refractivity contribution >= 4 is 15.8 Å². The van der Waals surface area contributed by atoms with Gasteiger partial charge in [0.1, 0.15) is 5.69 Å². The lowest BCUT2D eigenvalue weighted by atomic mass is 10.1. The van der Waals surface area contributed by atoms with Gasteiger partial charge in [0.2, 0.25) is 10.0 Å². The van der Waals surface area contributed by atoms with Crippen LogP contribution < -0.4 is 4.90 Å². The third-order valence-electron chi connectivity index (χ3n) is 3.08. The SMILES string of the molecule is CN(C)c1nccnc1C1CCCN1S(C)(=O)=O. The van der Waals surface area contributed by atoms with Gasteiger partial charge in [-0.3, -0.25) is 4.98 Å².